The summed E-state index contributed by atoms with van der Waals surface area (Å²) in [7, 11) is 2.10. The number of aromatic nitrogens is 3. The summed E-state index contributed by atoms with van der Waals surface area (Å²) in [5.74, 6) is 0.667. The number of ether oxygens (including phenoxy) is 1. The number of piperazine rings is 1. The Morgan fingerprint density at radius 2 is 1.91 bits per heavy atom. The molecule has 3 aromatic rings. The van der Waals surface area contributed by atoms with Crippen molar-refractivity contribution in [3.05, 3.63) is 64.4 Å². The fraction of sp³-hybridized carbons (Fsp3) is 0.469. The second kappa shape index (κ2) is 13.7. The molecule has 2 atom stereocenters. The van der Waals surface area contributed by atoms with Crippen LogP contribution >= 0.6 is 11.6 Å². The number of rotatable bonds is 9. The number of aliphatic hydroxyl groups excluding tert-OH is 1. The number of fused-ring (bicyclic) bond motifs is 1. The number of hydrogen-bond acceptors (Lipinski definition) is 10. The van der Waals surface area contributed by atoms with E-state index in [2.05, 4.69) is 37.4 Å². The van der Waals surface area contributed by atoms with Gasteiger partial charge in [-0.2, -0.15) is 0 Å². The fourth-order valence-electron chi connectivity index (χ4n) is 5.94. The van der Waals surface area contributed by atoms with Crippen LogP contribution in [0.3, 0.4) is 0 Å². The predicted octanol–water partition coefficient (Wildman–Crippen LogP) is 2.73. The molecule has 2 amide bonds. The minimum absolute atomic E-state index is 0.220. The lowest BCUT2D eigenvalue weighted by molar-refractivity contribution is -0.126. The monoisotopic (exact) mass is 634 g/mol. The molecule has 0 bridgehead atoms. The highest BCUT2D eigenvalue weighted by atomic mass is 35.5. The van der Waals surface area contributed by atoms with Gasteiger partial charge < -0.3 is 35.2 Å². The molecule has 2 fully saturated rings. The van der Waals surface area contributed by atoms with Crippen LogP contribution in [-0.4, -0.2) is 107 Å². The number of nitrogens with zero attached hydrogens (tertiary/aromatic N) is 6. The van der Waals surface area contributed by atoms with Gasteiger partial charge in [-0.3, -0.25) is 9.59 Å². The zero-order valence-electron chi connectivity index (χ0n) is 25.6. The average molecular weight is 635 g/mol. The number of halogens is 1. The maximum atomic E-state index is 13.6. The van der Waals surface area contributed by atoms with Crippen LogP contribution in [0.2, 0.25) is 5.02 Å². The average Bonchev–Trinajstić information content (AvgIpc) is 3.40. The van der Waals surface area contributed by atoms with Crippen LogP contribution in [0.1, 0.15) is 47.4 Å². The van der Waals surface area contributed by atoms with Crippen LogP contribution in [-0.2, 0) is 16.1 Å². The number of amides is 2. The van der Waals surface area contributed by atoms with Crippen molar-refractivity contribution in [3.8, 4) is 11.3 Å². The Morgan fingerprint density at radius 3 is 2.67 bits per heavy atom. The van der Waals surface area contributed by atoms with Gasteiger partial charge in [-0.25, -0.2) is 15.0 Å². The van der Waals surface area contributed by atoms with Crippen molar-refractivity contribution < 1.29 is 19.4 Å². The number of hydrogen-bond donors (Lipinski definition) is 3. The van der Waals surface area contributed by atoms with Crippen LogP contribution in [0.25, 0.3) is 11.3 Å². The Kier molecular flexibility index (Phi) is 9.45. The Bertz CT molecular complexity index is 1540. The van der Waals surface area contributed by atoms with E-state index in [1.165, 1.54) is 4.90 Å². The summed E-state index contributed by atoms with van der Waals surface area (Å²) in [6.07, 6.45) is 3.30. The number of anilines is 2. The summed E-state index contributed by atoms with van der Waals surface area (Å²) in [5.41, 5.74) is 3.10. The number of benzene rings is 1. The van der Waals surface area contributed by atoms with Crippen molar-refractivity contribution in [2.45, 2.75) is 44.4 Å². The van der Waals surface area contributed by atoms with Gasteiger partial charge in [0.25, 0.3) is 5.91 Å². The Morgan fingerprint density at radius 1 is 1.13 bits per heavy atom. The van der Waals surface area contributed by atoms with Gasteiger partial charge >= 0.3 is 0 Å². The number of carbonyl (C=O) groups excluding carboxylic acids is 2. The standard InChI is InChI=1S/C32H39ClN8O4/c1-20(30(43)37-27(19-42)26-4-3-5-28(36-26)40-12-10-39(2)11-13-40)41-18-22-7-6-21(16-24(22)31(41)44)29-25(33)17-34-32(38-29)35-23-8-14-45-15-9-23/h3-7,16-17,20,23,27,42H,8-15,18-19H2,1-2H3,(H,37,43)(H,34,35,38). The molecule has 0 radical (unpaired) electrons. The highest BCUT2D eigenvalue weighted by Crippen LogP contribution is 2.32. The third-order valence-electron chi connectivity index (χ3n) is 8.80. The number of aliphatic hydroxyl groups is 1. The van der Waals surface area contributed by atoms with E-state index in [0.717, 1.165) is 50.4 Å². The first kappa shape index (κ1) is 31.2. The fourth-order valence-corrected chi connectivity index (χ4v) is 6.14. The second-order valence-electron chi connectivity index (χ2n) is 11.9. The number of carbonyl (C=O) groups is 2. The largest absolute Gasteiger partial charge is 0.394 e. The summed E-state index contributed by atoms with van der Waals surface area (Å²) in [4.78, 5) is 46.8. The smallest absolute Gasteiger partial charge is 0.255 e. The molecule has 3 aliphatic heterocycles. The molecule has 2 aromatic heterocycles. The van der Waals surface area contributed by atoms with E-state index < -0.39 is 12.1 Å². The van der Waals surface area contributed by atoms with E-state index in [1.54, 1.807) is 25.3 Å². The molecule has 13 heteroatoms. The van der Waals surface area contributed by atoms with Gasteiger partial charge in [-0.1, -0.05) is 29.8 Å². The van der Waals surface area contributed by atoms with Gasteiger partial charge in [0.2, 0.25) is 11.9 Å². The highest BCUT2D eigenvalue weighted by molar-refractivity contribution is 6.33. The van der Waals surface area contributed by atoms with Crippen LogP contribution < -0.4 is 15.5 Å². The first-order chi connectivity index (χ1) is 21.8. The molecule has 12 nitrogen and oxygen atoms in total. The maximum absolute atomic E-state index is 13.6. The minimum atomic E-state index is -0.777. The van der Waals surface area contributed by atoms with Crippen LogP contribution in [0.15, 0.2) is 42.6 Å². The molecule has 0 saturated carbocycles. The van der Waals surface area contributed by atoms with Gasteiger partial charge in [0.15, 0.2) is 0 Å². The van der Waals surface area contributed by atoms with Crippen molar-refractivity contribution in [1.82, 2.24) is 30.1 Å². The van der Waals surface area contributed by atoms with E-state index in [1.807, 2.05) is 24.3 Å². The predicted molar refractivity (Wildman–Crippen MR) is 171 cm³/mol. The van der Waals surface area contributed by atoms with Crippen LogP contribution in [0, 0.1) is 0 Å². The summed E-state index contributed by atoms with van der Waals surface area (Å²) in [5, 5.41) is 16.8. The highest BCUT2D eigenvalue weighted by Gasteiger charge is 2.35. The topological polar surface area (TPSA) is 136 Å². The zero-order chi connectivity index (χ0) is 31.5. The second-order valence-corrected chi connectivity index (χ2v) is 12.3. The quantitative estimate of drug-likeness (QED) is 0.322. The van der Waals surface area contributed by atoms with E-state index >= 15 is 0 Å². The van der Waals surface area contributed by atoms with Crippen molar-refractivity contribution >= 4 is 35.2 Å². The Labute approximate surface area is 267 Å². The molecule has 5 heterocycles. The van der Waals surface area contributed by atoms with E-state index in [-0.39, 0.29) is 31.0 Å². The van der Waals surface area contributed by atoms with Gasteiger partial charge in [-0.05, 0) is 50.6 Å². The van der Waals surface area contributed by atoms with Gasteiger partial charge in [0.1, 0.15) is 11.9 Å². The molecule has 6 rings (SSSR count). The summed E-state index contributed by atoms with van der Waals surface area (Å²) >= 11 is 6.50. The van der Waals surface area contributed by atoms with Crippen LogP contribution in [0.4, 0.5) is 11.8 Å². The van der Waals surface area contributed by atoms with Crippen molar-refractivity contribution in [2.75, 3.05) is 63.3 Å². The summed E-state index contributed by atoms with van der Waals surface area (Å²) in [6, 6.07) is 9.91. The lowest BCUT2D eigenvalue weighted by Crippen LogP contribution is -2.47. The zero-order valence-corrected chi connectivity index (χ0v) is 26.3. The lowest BCUT2D eigenvalue weighted by Gasteiger charge is -2.33. The van der Waals surface area contributed by atoms with E-state index in [0.29, 0.717) is 46.7 Å². The first-order valence-corrected chi connectivity index (χ1v) is 15.8. The Hall–Kier alpha value is -3.84. The third-order valence-corrected chi connectivity index (χ3v) is 9.08. The summed E-state index contributed by atoms with van der Waals surface area (Å²) < 4.78 is 5.44. The van der Waals surface area contributed by atoms with Crippen molar-refractivity contribution in [3.63, 3.8) is 0 Å². The SMILES string of the molecule is CC(C(=O)NC(CO)c1cccc(N2CCN(C)CC2)n1)N1Cc2ccc(-c3nc(NC4CCOCC4)ncc3Cl)cc2C1=O. The molecular weight excluding hydrogens is 596 g/mol. The van der Waals surface area contributed by atoms with Crippen molar-refractivity contribution in [1.29, 1.82) is 0 Å². The molecule has 3 aliphatic rings. The summed E-state index contributed by atoms with van der Waals surface area (Å²) in [6.45, 7) is 6.65. The molecule has 0 aliphatic carbocycles. The normalized spacial score (nSPS) is 18.9. The van der Waals surface area contributed by atoms with Crippen LogP contribution in [0.5, 0.6) is 0 Å². The number of likely N-dealkylation sites (N-methyl/N-ethyl adjacent to an activating group) is 1. The maximum Gasteiger partial charge on any atom is 0.255 e. The minimum Gasteiger partial charge on any atom is -0.394 e. The first-order valence-electron chi connectivity index (χ1n) is 15.4. The molecule has 1 aromatic carbocycles. The van der Waals surface area contributed by atoms with E-state index in [9.17, 15) is 14.7 Å². The van der Waals surface area contributed by atoms with Gasteiger partial charge in [0.05, 0.1) is 35.3 Å². The van der Waals surface area contributed by atoms with Gasteiger partial charge in [-0.15, -0.1) is 0 Å². The molecule has 238 valence electrons. The molecule has 45 heavy (non-hydrogen) atoms. The Balaban J connectivity index is 1.13. The molecular formula is C32H39ClN8O4. The molecule has 0 spiro atoms. The number of nitrogens with one attached hydrogen (secondary N) is 2. The van der Waals surface area contributed by atoms with Gasteiger partial charge in [0, 0.05) is 63.1 Å². The molecule has 2 unspecified atom stereocenters. The molecule has 2 saturated heterocycles. The number of pyridine rings is 1. The molecule has 3 N–H and O–H groups in total. The lowest BCUT2D eigenvalue weighted by atomic mass is 10.0. The van der Waals surface area contributed by atoms with Crippen molar-refractivity contribution in [2.24, 2.45) is 0 Å². The third kappa shape index (κ3) is 6.89. The van der Waals surface area contributed by atoms with E-state index in [4.69, 9.17) is 21.3 Å².